The molecule has 0 amide bonds. The van der Waals surface area contributed by atoms with E-state index in [2.05, 4.69) is 40.0 Å². The largest absolute Gasteiger partial charge is 0.504 e. The number of nitrogens with zero attached hydrogens (tertiary/aromatic N) is 2. The molecule has 0 saturated heterocycles. The van der Waals surface area contributed by atoms with Crippen LogP contribution in [0.3, 0.4) is 0 Å². The number of carbonyl (C=O) groups is 2. The number of nitrogens with two attached hydrogens (primary N) is 1. The van der Waals surface area contributed by atoms with Gasteiger partial charge >= 0.3 is 0 Å². The molecular weight excluding hydrogens is 605 g/mol. The van der Waals surface area contributed by atoms with E-state index in [0.717, 1.165) is 65.8 Å². The van der Waals surface area contributed by atoms with Crippen LogP contribution in [0.5, 0.6) is 11.5 Å². The molecule has 1 aromatic heterocycles. The minimum Gasteiger partial charge on any atom is -0.504 e. The van der Waals surface area contributed by atoms with Crippen molar-refractivity contribution in [3.63, 3.8) is 0 Å². The predicted octanol–water partition coefficient (Wildman–Crippen LogP) is 6.17. The van der Waals surface area contributed by atoms with E-state index in [1.165, 1.54) is 13.2 Å². The Morgan fingerprint density at radius 1 is 1.20 bits per heavy atom. The summed E-state index contributed by atoms with van der Waals surface area (Å²) in [6, 6.07) is 3.43. The van der Waals surface area contributed by atoms with Crippen molar-refractivity contribution in [2.45, 2.75) is 75.2 Å². The van der Waals surface area contributed by atoms with Gasteiger partial charge in [-0.15, -0.1) is 0 Å². The number of fused-ring (bicyclic) bond motifs is 5. The molecule has 1 unspecified atom stereocenters. The highest BCUT2D eigenvalue weighted by molar-refractivity contribution is 8.77. The Labute approximate surface area is 273 Å². The number of aromatic nitrogens is 2. The number of methoxy groups -OCH3 is 1. The first-order chi connectivity index (χ1) is 21.8. The van der Waals surface area contributed by atoms with Crippen molar-refractivity contribution in [3.05, 3.63) is 77.1 Å². The zero-order valence-electron chi connectivity index (χ0n) is 25.9. The molecule has 5 atom stereocenters. The van der Waals surface area contributed by atoms with Crippen LogP contribution < -0.4 is 15.8 Å². The van der Waals surface area contributed by atoms with Crippen molar-refractivity contribution in [2.24, 2.45) is 17.6 Å². The fourth-order valence-electron chi connectivity index (χ4n) is 7.27. The summed E-state index contributed by atoms with van der Waals surface area (Å²) in [6.45, 7) is 2.18. The van der Waals surface area contributed by atoms with E-state index in [1.807, 2.05) is 40.3 Å². The third kappa shape index (κ3) is 6.42. The molecule has 3 aliphatic heterocycles. The molecule has 1 fully saturated rings. The number of Topliss-reactive ketones (excluding diaryl/α,β-unsaturated/α-hetero) is 1. The number of phenolic OH excluding ortho intramolecular Hbond substituents is 1. The zero-order valence-corrected chi connectivity index (χ0v) is 27.5. The maximum Gasteiger partial charge on any atom is 0.163 e. The van der Waals surface area contributed by atoms with E-state index in [0.29, 0.717) is 30.4 Å². The van der Waals surface area contributed by atoms with Gasteiger partial charge in [0.1, 0.15) is 5.78 Å². The second kappa shape index (κ2) is 13.6. The van der Waals surface area contributed by atoms with Gasteiger partial charge in [-0.25, -0.2) is 4.98 Å². The zero-order chi connectivity index (χ0) is 31.6. The minimum absolute atomic E-state index is 0.0283. The van der Waals surface area contributed by atoms with Gasteiger partial charge in [-0.1, -0.05) is 59.6 Å². The lowest BCUT2D eigenvalue weighted by Gasteiger charge is -2.47. The lowest BCUT2D eigenvalue weighted by molar-refractivity contribution is -0.124. The van der Waals surface area contributed by atoms with Gasteiger partial charge in [-0.3, -0.25) is 9.59 Å². The average molecular weight is 647 g/mol. The summed E-state index contributed by atoms with van der Waals surface area (Å²) < 4.78 is 7.78. The smallest absolute Gasteiger partial charge is 0.163 e. The first kappa shape index (κ1) is 31.8. The van der Waals surface area contributed by atoms with E-state index < -0.39 is 0 Å². The summed E-state index contributed by atoms with van der Waals surface area (Å²) in [6.07, 6.45) is 21.4. The monoisotopic (exact) mass is 646 g/mol. The Balaban J connectivity index is 1.44. The summed E-state index contributed by atoms with van der Waals surface area (Å²) >= 11 is 0. The molecule has 45 heavy (non-hydrogen) atoms. The highest BCUT2D eigenvalue weighted by Gasteiger charge is 2.53. The molecule has 4 heterocycles. The Bertz CT molecular complexity index is 1580. The van der Waals surface area contributed by atoms with Gasteiger partial charge in [0.15, 0.2) is 17.3 Å². The van der Waals surface area contributed by atoms with Gasteiger partial charge < -0.3 is 25.5 Å². The Kier molecular flexibility index (Phi) is 9.63. The lowest BCUT2D eigenvalue weighted by atomic mass is 9.76. The van der Waals surface area contributed by atoms with E-state index >= 15 is 0 Å². The van der Waals surface area contributed by atoms with Crippen molar-refractivity contribution in [1.82, 2.24) is 14.9 Å². The number of hydrogen-bond donors (Lipinski definition) is 3. The summed E-state index contributed by atoms with van der Waals surface area (Å²) in [7, 11) is 5.28. The number of carbonyl (C=O) groups excluding carboxylic acids is 2. The molecule has 10 heteroatoms. The molecule has 1 aliphatic carbocycles. The first-order valence-electron chi connectivity index (χ1n) is 15.9. The van der Waals surface area contributed by atoms with Crippen LogP contribution in [-0.4, -0.2) is 50.5 Å². The van der Waals surface area contributed by atoms with Crippen molar-refractivity contribution in [3.8, 4) is 11.5 Å². The van der Waals surface area contributed by atoms with Crippen LogP contribution in [0.1, 0.15) is 68.7 Å². The number of phenols is 1. The molecule has 2 bridgehead atoms. The fourth-order valence-corrected chi connectivity index (χ4v) is 11.0. The molecular formula is C35H42N4O4S2. The number of hydrogen-bond acceptors (Lipinski definition) is 9. The van der Waals surface area contributed by atoms with Gasteiger partial charge in [-0.05, 0) is 78.2 Å². The highest BCUT2D eigenvalue weighted by atomic mass is 33.1. The molecule has 1 saturated carbocycles. The van der Waals surface area contributed by atoms with Crippen LogP contribution in [0.25, 0.3) is 12.2 Å². The highest BCUT2D eigenvalue weighted by Crippen LogP contribution is 2.56. The maximum absolute atomic E-state index is 12.8. The number of aromatic hydroxyl groups is 1. The van der Waals surface area contributed by atoms with Gasteiger partial charge in [0.05, 0.1) is 48.7 Å². The second-order valence-electron chi connectivity index (χ2n) is 12.5. The van der Waals surface area contributed by atoms with E-state index in [-0.39, 0.29) is 40.7 Å². The summed E-state index contributed by atoms with van der Waals surface area (Å²) in [5.74, 6) is 1.76. The third-order valence-corrected chi connectivity index (χ3v) is 12.8. The van der Waals surface area contributed by atoms with Crippen LogP contribution in [0.4, 0.5) is 0 Å². The van der Waals surface area contributed by atoms with Crippen LogP contribution in [0, 0.1) is 11.8 Å². The third-order valence-electron chi connectivity index (χ3n) is 9.80. The van der Waals surface area contributed by atoms with Crippen LogP contribution in [0.2, 0.25) is 0 Å². The van der Waals surface area contributed by atoms with Gasteiger partial charge in [-0.2, -0.15) is 0 Å². The number of ether oxygens (including phenoxy) is 1. The molecule has 4 N–H and O–H groups in total. The lowest BCUT2D eigenvalue weighted by Crippen LogP contribution is -2.53. The van der Waals surface area contributed by atoms with Crippen molar-refractivity contribution in [1.29, 1.82) is 0 Å². The standard InChI is InChI=1S/C35H42N4O4S2/c1-3-22-6-10-28(40)17-29(41)11-7-24-16-32(43-2)31(42)15-25(24)13-23-14-30(34(36)38-18-23)33(45-44-20-22)35-12-4-5-26(35)8-9-27-19-37-21-39(27)35/h7-9,11,14-16,18-19,21-22,26,33-34,38,42H,3-6,10,12-13,17,20,36H2,1-2H3/b11-7+/t22-,26+,33-,34?,35+/m0/s1. The Hall–Kier alpha value is -3.21. The summed E-state index contributed by atoms with van der Waals surface area (Å²) in [4.78, 5) is 30.2. The van der Waals surface area contributed by atoms with Gasteiger partial charge in [0, 0.05) is 24.3 Å². The molecule has 8 nitrogen and oxygen atoms in total. The van der Waals surface area contributed by atoms with Crippen molar-refractivity contribution >= 4 is 45.3 Å². The molecule has 0 radical (unpaired) electrons. The van der Waals surface area contributed by atoms with Crippen molar-refractivity contribution < 1.29 is 19.4 Å². The number of rotatable bonds is 3. The maximum atomic E-state index is 12.8. The molecule has 0 spiro atoms. The number of allylic oxidation sites excluding steroid dienone is 4. The van der Waals surface area contributed by atoms with Crippen LogP contribution in [0.15, 0.2) is 60.2 Å². The van der Waals surface area contributed by atoms with E-state index in [1.54, 1.807) is 18.2 Å². The second-order valence-corrected chi connectivity index (χ2v) is 15.1. The van der Waals surface area contributed by atoms with Gasteiger partial charge in [0.2, 0.25) is 0 Å². The number of ketones is 2. The average Bonchev–Trinajstić information content (AvgIpc) is 3.69. The Morgan fingerprint density at radius 3 is 2.89 bits per heavy atom. The SMILES string of the molecule is CC[C@H]1CCC(=O)CC(=O)/C=C/c2cc(OC)c(O)cc2CC2=CNC(N)C(=C2)[C@@H]([C@@]23CCC[C@@H]2C=Cc2cncn23)SSC1. The number of dihydropyridines is 1. The van der Waals surface area contributed by atoms with Crippen LogP contribution in [-0.2, 0) is 21.5 Å². The van der Waals surface area contributed by atoms with Crippen molar-refractivity contribution in [2.75, 3.05) is 12.9 Å². The Morgan fingerprint density at radius 2 is 2.07 bits per heavy atom. The van der Waals surface area contributed by atoms with E-state index in [9.17, 15) is 14.7 Å². The topological polar surface area (TPSA) is 119 Å². The summed E-state index contributed by atoms with van der Waals surface area (Å²) in [5, 5.41) is 14.2. The molecule has 4 aliphatic rings. The first-order valence-corrected chi connectivity index (χ1v) is 18.2. The normalized spacial score (nSPS) is 29.7. The molecule has 238 valence electrons. The van der Waals surface area contributed by atoms with Crippen LogP contribution >= 0.6 is 21.6 Å². The molecule has 6 rings (SSSR count). The molecule has 2 aromatic rings. The fraction of sp³-hybridized carbons (Fsp3) is 0.457. The number of imidazole rings is 1. The van der Waals surface area contributed by atoms with Gasteiger partial charge in [0.25, 0.3) is 0 Å². The number of benzene rings is 1. The quantitative estimate of drug-likeness (QED) is 0.266. The number of nitrogens with one attached hydrogen (secondary N) is 1. The molecule has 1 aromatic carbocycles. The predicted molar refractivity (Wildman–Crippen MR) is 183 cm³/mol. The van der Waals surface area contributed by atoms with E-state index in [4.69, 9.17) is 10.5 Å². The summed E-state index contributed by atoms with van der Waals surface area (Å²) in [5.41, 5.74) is 11.6. The minimum atomic E-state index is -0.355.